The standard InChI is InChI=1S/C22H22ClN5O/c1-3-4-8-20(29)25-15-9-10-18-17(11-15)26-22(19-12-24-13-28(18)19)27-21-14(2)6-5-7-16(21)23/h5-7,9-13H,3-4,8H2,1-2H3,(H,25,29)(H,26,27). The lowest BCUT2D eigenvalue weighted by Crippen LogP contribution is -2.11. The Morgan fingerprint density at radius 3 is 2.86 bits per heavy atom. The summed E-state index contributed by atoms with van der Waals surface area (Å²) < 4.78 is 1.97. The van der Waals surface area contributed by atoms with Crippen LogP contribution in [0.25, 0.3) is 16.6 Å². The number of rotatable bonds is 6. The van der Waals surface area contributed by atoms with Crippen LogP contribution in [0.4, 0.5) is 17.2 Å². The Labute approximate surface area is 173 Å². The van der Waals surface area contributed by atoms with Crippen molar-refractivity contribution in [2.45, 2.75) is 33.1 Å². The zero-order valence-electron chi connectivity index (χ0n) is 16.4. The first-order chi connectivity index (χ1) is 14.1. The Morgan fingerprint density at radius 1 is 1.21 bits per heavy atom. The molecule has 2 N–H and O–H groups in total. The van der Waals surface area contributed by atoms with Gasteiger partial charge in [-0.2, -0.15) is 0 Å². The highest BCUT2D eigenvalue weighted by atomic mass is 35.5. The van der Waals surface area contributed by atoms with E-state index < -0.39 is 0 Å². The number of nitrogens with zero attached hydrogens (tertiary/aromatic N) is 3. The molecule has 2 aromatic heterocycles. The molecule has 7 heteroatoms. The van der Waals surface area contributed by atoms with Crippen molar-refractivity contribution in [3.63, 3.8) is 0 Å². The van der Waals surface area contributed by atoms with Crippen LogP contribution in [0.5, 0.6) is 0 Å². The summed E-state index contributed by atoms with van der Waals surface area (Å²) in [6, 6.07) is 11.5. The summed E-state index contributed by atoms with van der Waals surface area (Å²) in [5, 5.41) is 6.94. The van der Waals surface area contributed by atoms with Crippen LogP contribution in [0, 0.1) is 6.92 Å². The Bertz CT molecular complexity index is 1180. The van der Waals surface area contributed by atoms with Crippen molar-refractivity contribution in [3.8, 4) is 0 Å². The van der Waals surface area contributed by atoms with Crippen LogP contribution in [-0.4, -0.2) is 20.3 Å². The first kappa shape index (κ1) is 19.2. The largest absolute Gasteiger partial charge is 0.337 e. The first-order valence-corrected chi connectivity index (χ1v) is 10.0. The summed E-state index contributed by atoms with van der Waals surface area (Å²) in [7, 11) is 0. The SMILES string of the molecule is CCCCC(=O)Nc1ccc2c(c1)nc(Nc1c(C)cccc1Cl)c1cncn12. The molecular weight excluding hydrogens is 386 g/mol. The lowest BCUT2D eigenvalue weighted by atomic mass is 10.2. The molecule has 0 aliphatic carbocycles. The van der Waals surface area contributed by atoms with Crippen LogP contribution in [0.2, 0.25) is 5.02 Å². The summed E-state index contributed by atoms with van der Waals surface area (Å²) in [5.74, 6) is 0.667. The highest BCUT2D eigenvalue weighted by molar-refractivity contribution is 6.33. The molecule has 0 atom stereocenters. The predicted octanol–water partition coefficient (Wildman–Crippen LogP) is 5.72. The van der Waals surface area contributed by atoms with Gasteiger partial charge in [-0.3, -0.25) is 9.20 Å². The molecule has 2 heterocycles. The van der Waals surface area contributed by atoms with Crippen molar-refractivity contribution in [2.24, 2.45) is 0 Å². The van der Waals surface area contributed by atoms with Crippen LogP contribution < -0.4 is 10.6 Å². The minimum atomic E-state index is 0.0138. The fraction of sp³-hybridized carbons (Fsp3) is 0.227. The molecule has 29 heavy (non-hydrogen) atoms. The number of aromatic nitrogens is 3. The van der Waals surface area contributed by atoms with Crippen molar-refractivity contribution >= 4 is 51.3 Å². The van der Waals surface area contributed by atoms with Gasteiger partial charge in [-0.15, -0.1) is 0 Å². The Kier molecular flexibility index (Phi) is 5.36. The second-order valence-electron chi connectivity index (χ2n) is 7.02. The fourth-order valence-corrected chi connectivity index (χ4v) is 3.56. The van der Waals surface area contributed by atoms with Crippen LogP contribution in [0.1, 0.15) is 31.7 Å². The number of aryl methyl sites for hydroxylation is 1. The van der Waals surface area contributed by atoms with Gasteiger partial charge in [0, 0.05) is 12.1 Å². The van der Waals surface area contributed by atoms with Gasteiger partial charge in [-0.1, -0.05) is 37.1 Å². The summed E-state index contributed by atoms with van der Waals surface area (Å²) >= 11 is 6.39. The highest BCUT2D eigenvalue weighted by Crippen LogP contribution is 2.31. The molecule has 0 radical (unpaired) electrons. The second-order valence-corrected chi connectivity index (χ2v) is 7.43. The average Bonchev–Trinajstić information content (AvgIpc) is 3.19. The molecule has 0 aliphatic heterocycles. The normalized spacial score (nSPS) is 11.1. The van der Waals surface area contributed by atoms with Gasteiger partial charge >= 0.3 is 0 Å². The number of carbonyl (C=O) groups is 1. The lowest BCUT2D eigenvalue weighted by molar-refractivity contribution is -0.116. The minimum Gasteiger partial charge on any atom is -0.337 e. The number of unbranched alkanes of at least 4 members (excludes halogenated alkanes) is 1. The Hall–Kier alpha value is -3.12. The number of fused-ring (bicyclic) bond motifs is 3. The molecule has 4 rings (SSSR count). The van der Waals surface area contributed by atoms with Gasteiger partial charge < -0.3 is 10.6 Å². The summed E-state index contributed by atoms with van der Waals surface area (Å²) in [5.41, 5.74) is 5.06. The number of amides is 1. The van der Waals surface area contributed by atoms with E-state index in [9.17, 15) is 4.79 Å². The monoisotopic (exact) mass is 407 g/mol. The van der Waals surface area contributed by atoms with E-state index in [2.05, 4.69) is 22.5 Å². The van der Waals surface area contributed by atoms with E-state index in [-0.39, 0.29) is 5.91 Å². The van der Waals surface area contributed by atoms with Crippen LogP contribution in [0.15, 0.2) is 48.9 Å². The molecule has 0 aliphatic rings. The van der Waals surface area contributed by atoms with Gasteiger partial charge in [-0.25, -0.2) is 9.97 Å². The molecule has 6 nitrogen and oxygen atoms in total. The van der Waals surface area contributed by atoms with Gasteiger partial charge in [-0.05, 0) is 43.2 Å². The van der Waals surface area contributed by atoms with Crippen molar-refractivity contribution < 1.29 is 4.79 Å². The quantitative estimate of drug-likeness (QED) is 0.429. The summed E-state index contributed by atoms with van der Waals surface area (Å²) in [4.78, 5) is 21.2. The molecule has 148 valence electrons. The number of para-hydroxylation sites is 1. The molecule has 4 aromatic rings. The molecule has 2 aromatic carbocycles. The predicted molar refractivity (Wildman–Crippen MR) is 118 cm³/mol. The second kappa shape index (κ2) is 8.09. The van der Waals surface area contributed by atoms with Crippen LogP contribution in [-0.2, 0) is 4.79 Å². The number of imidazole rings is 1. The number of hydrogen-bond donors (Lipinski definition) is 2. The fourth-order valence-electron chi connectivity index (χ4n) is 3.30. The van der Waals surface area contributed by atoms with E-state index in [1.807, 2.05) is 47.7 Å². The van der Waals surface area contributed by atoms with Gasteiger partial charge in [0.05, 0.1) is 34.3 Å². The zero-order valence-corrected chi connectivity index (χ0v) is 17.1. The molecule has 0 spiro atoms. The van der Waals surface area contributed by atoms with E-state index in [1.54, 1.807) is 12.5 Å². The summed E-state index contributed by atoms with van der Waals surface area (Å²) in [6.45, 7) is 4.06. The molecule has 0 bridgehead atoms. The minimum absolute atomic E-state index is 0.0138. The van der Waals surface area contributed by atoms with Crippen molar-refractivity contribution in [2.75, 3.05) is 10.6 Å². The van der Waals surface area contributed by atoms with E-state index in [0.29, 0.717) is 17.3 Å². The molecule has 0 unspecified atom stereocenters. The number of anilines is 3. The summed E-state index contributed by atoms with van der Waals surface area (Å²) in [6.07, 6.45) is 5.90. The highest BCUT2D eigenvalue weighted by Gasteiger charge is 2.13. The maximum absolute atomic E-state index is 12.1. The van der Waals surface area contributed by atoms with Crippen LogP contribution in [0.3, 0.4) is 0 Å². The number of halogens is 1. The average molecular weight is 408 g/mol. The lowest BCUT2D eigenvalue weighted by Gasteiger charge is -2.14. The van der Waals surface area contributed by atoms with E-state index in [1.165, 1.54) is 0 Å². The van der Waals surface area contributed by atoms with Crippen molar-refractivity contribution in [1.29, 1.82) is 0 Å². The Balaban J connectivity index is 1.76. The molecule has 0 fully saturated rings. The molecular formula is C22H22ClN5O. The van der Waals surface area contributed by atoms with Gasteiger partial charge in [0.1, 0.15) is 5.52 Å². The number of hydrogen-bond acceptors (Lipinski definition) is 4. The number of carbonyl (C=O) groups excluding carboxylic acids is 1. The third-order valence-electron chi connectivity index (χ3n) is 4.85. The Morgan fingerprint density at radius 2 is 2.07 bits per heavy atom. The third kappa shape index (κ3) is 3.89. The maximum atomic E-state index is 12.1. The maximum Gasteiger partial charge on any atom is 0.224 e. The van der Waals surface area contributed by atoms with E-state index >= 15 is 0 Å². The topological polar surface area (TPSA) is 71.3 Å². The van der Waals surface area contributed by atoms with Gasteiger partial charge in [0.2, 0.25) is 5.91 Å². The van der Waals surface area contributed by atoms with Crippen LogP contribution >= 0.6 is 11.6 Å². The molecule has 0 saturated carbocycles. The van der Waals surface area contributed by atoms with Crippen molar-refractivity contribution in [3.05, 3.63) is 59.5 Å². The third-order valence-corrected chi connectivity index (χ3v) is 5.17. The smallest absolute Gasteiger partial charge is 0.224 e. The number of benzene rings is 2. The van der Waals surface area contributed by atoms with Gasteiger partial charge in [0.15, 0.2) is 5.82 Å². The first-order valence-electron chi connectivity index (χ1n) is 9.64. The van der Waals surface area contributed by atoms with E-state index in [4.69, 9.17) is 16.6 Å². The van der Waals surface area contributed by atoms with E-state index in [0.717, 1.165) is 46.3 Å². The van der Waals surface area contributed by atoms with Gasteiger partial charge in [0.25, 0.3) is 0 Å². The van der Waals surface area contributed by atoms with Crippen molar-refractivity contribution in [1.82, 2.24) is 14.4 Å². The molecule has 1 amide bonds. The molecule has 0 saturated heterocycles. The zero-order chi connectivity index (χ0) is 20.4. The number of nitrogens with one attached hydrogen (secondary N) is 2.